The normalized spacial score (nSPS) is 11.3. The number of benzene rings is 2. The van der Waals surface area contributed by atoms with Gasteiger partial charge in [0.1, 0.15) is 5.75 Å². The Labute approximate surface area is 157 Å². The predicted molar refractivity (Wildman–Crippen MR) is 96.5 cm³/mol. The topological polar surface area (TPSA) is 67.4 Å². The fraction of sp³-hybridized carbons (Fsp3) is 0.111. The van der Waals surface area contributed by atoms with Gasteiger partial charge in [0.15, 0.2) is 0 Å². The summed E-state index contributed by atoms with van der Waals surface area (Å²) in [7, 11) is 0. The van der Waals surface area contributed by atoms with E-state index in [0.29, 0.717) is 10.7 Å². The standard InChI is InChI=1S/C18H14ClF3N2O3/c1-11(25)23-14-8-7-13(19)10-15(14)24-17(26)9-6-12-4-2-3-5-16(12)27-18(20,21)22/h2-10H,1H3,(H,23,25)(H,24,26)/b9-6+. The van der Waals surface area contributed by atoms with Gasteiger partial charge in [-0.05, 0) is 30.3 Å². The summed E-state index contributed by atoms with van der Waals surface area (Å²) >= 11 is 5.89. The van der Waals surface area contributed by atoms with E-state index in [-0.39, 0.29) is 17.2 Å². The number of rotatable bonds is 5. The Hall–Kier alpha value is -3.00. The molecule has 0 aromatic heterocycles. The largest absolute Gasteiger partial charge is 0.573 e. The minimum Gasteiger partial charge on any atom is -0.405 e. The van der Waals surface area contributed by atoms with Gasteiger partial charge in [-0.2, -0.15) is 0 Å². The first-order valence-electron chi connectivity index (χ1n) is 7.55. The molecule has 0 radical (unpaired) electrons. The highest BCUT2D eigenvalue weighted by molar-refractivity contribution is 6.31. The van der Waals surface area contributed by atoms with Gasteiger partial charge in [0.05, 0.1) is 11.4 Å². The lowest BCUT2D eigenvalue weighted by Crippen LogP contribution is -2.17. The Balaban J connectivity index is 2.17. The molecule has 0 fully saturated rings. The number of carbonyl (C=O) groups excluding carboxylic acids is 2. The Morgan fingerprint density at radius 2 is 1.78 bits per heavy atom. The van der Waals surface area contributed by atoms with Crippen molar-refractivity contribution < 1.29 is 27.5 Å². The fourth-order valence-electron chi connectivity index (χ4n) is 2.09. The Bertz CT molecular complexity index is 882. The minimum atomic E-state index is -4.85. The monoisotopic (exact) mass is 398 g/mol. The van der Waals surface area contributed by atoms with Gasteiger partial charge in [-0.1, -0.05) is 29.8 Å². The highest BCUT2D eigenvalue weighted by Crippen LogP contribution is 2.28. The molecule has 0 spiro atoms. The molecule has 0 aliphatic rings. The zero-order valence-corrected chi connectivity index (χ0v) is 14.7. The number of alkyl halides is 3. The van der Waals surface area contributed by atoms with Crippen LogP contribution in [0.2, 0.25) is 5.02 Å². The van der Waals surface area contributed by atoms with E-state index < -0.39 is 18.0 Å². The van der Waals surface area contributed by atoms with E-state index in [1.807, 2.05) is 0 Å². The van der Waals surface area contributed by atoms with Crippen molar-refractivity contribution in [2.75, 3.05) is 10.6 Å². The average molecular weight is 399 g/mol. The van der Waals surface area contributed by atoms with Crippen molar-refractivity contribution in [1.29, 1.82) is 0 Å². The Morgan fingerprint density at radius 3 is 2.44 bits per heavy atom. The summed E-state index contributed by atoms with van der Waals surface area (Å²) in [4.78, 5) is 23.3. The number of ether oxygens (including phenoxy) is 1. The number of carbonyl (C=O) groups is 2. The molecule has 5 nitrogen and oxygen atoms in total. The molecule has 142 valence electrons. The van der Waals surface area contributed by atoms with Gasteiger partial charge in [-0.3, -0.25) is 9.59 Å². The molecule has 27 heavy (non-hydrogen) atoms. The second-order valence-corrected chi connectivity index (χ2v) is 5.72. The van der Waals surface area contributed by atoms with Crippen molar-refractivity contribution in [2.45, 2.75) is 13.3 Å². The second-order valence-electron chi connectivity index (χ2n) is 5.28. The molecule has 9 heteroatoms. The van der Waals surface area contributed by atoms with Crippen molar-refractivity contribution in [1.82, 2.24) is 0 Å². The molecule has 2 rings (SSSR count). The summed E-state index contributed by atoms with van der Waals surface area (Å²) in [6, 6.07) is 9.86. The van der Waals surface area contributed by atoms with Crippen molar-refractivity contribution in [3.05, 3.63) is 59.1 Å². The summed E-state index contributed by atoms with van der Waals surface area (Å²) in [5.41, 5.74) is 0.639. The summed E-state index contributed by atoms with van der Waals surface area (Å²) in [6.07, 6.45) is -2.63. The van der Waals surface area contributed by atoms with Gasteiger partial charge in [0.25, 0.3) is 0 Å². The number of para-hydroxylation sites is 1. The molecule has 2 N–H and O–H groups in total. The lowest BCUT2D eigenvalue weighted by atomic mass is 10.2. The van der Waals surface area contributed by atoms with Crippen LogP contribution in [0.1, 0.15) is 12.5 Å². The molecular formula is C18H14ClF3N2O3. The Kier molecular flexibility index (Phi) is 6.46. The van der Waals surface area contributed by atoms with Gasteiger partial charge < -0.3 is 15.4 Å². The number of anilines is 2. The number of halogens is 4. The molecule has 0 saturated carbocycles. The average Bonchev–Trinajstić information content (AvgIpc) is 2.55. The maximum absolute atomic E-state index is 12.4. The zero-order valence-electron chi connectivity index (χ0n) is 13.9. The fourth-order valence-corrected chi connectivity index (χ4v) is 2.27. The van der Waals surface area contributed by atoms with Gasteiger partial charge >= 0.3 is 6.36 Å². The van der Waals surface area contributed by atoms with Crippen LogP contribution < -0.4 is 15.4 Å². The first kappa shape index (κ1) is 20.3. The van der Waals surface area contributed by atoms with E-state index in [9.17, 15) is 22.8 Å². The number of hydrogen-bond donors (Lipinski definition) is 2. The van der Waals surface area contributed by atoms with Gasteiger partial charge in [0, 0.05) is 23.6 Å². The smallest absolute Gasteiger partial charge is 0.405 e. The maximum Gasteiger partial charge on any atom is 0.573 e. The molecular weight excluding hydrogens is 385 g/mol. The van der Waals surface area contributed by atoms with E-state index >= 15 is 0 Å². The van der Waals surface area contributed by atoms with Crippen LogP contribution >= 0.6 is 11.6 Å². The Morgan fingerprint density at radius 1 is 1.07 bits per heavy atom. The quantitative estimate of drug-likeness (QED) is 0.707. The second kappa shape index (κ2) is 8.59. The molecule has 0 bridgehead atoms. The van der Waals surface area contributed by atoms with Crippen LogP contribution in [0.15, 0.2) is 48.5 Å². The van der Waals surface area contributed by atoms with Crippen LogP contribution in [0.4, 0.5) is 24.5 Å². The molecule has 0 aliphatic carbocycles. The third-order valence-corrected chi connectivity index (χ3v) is 3.34. The van der Waals surface area contributed by atoms with Crippen LogP contribution in [0, 0.1) is 0 Å². The van der Waals surface area contributed by atoms with Crippen LogP contribution in [-0.4, -0.2) is 18.2 Å². The van der Waals surface area contributed by atoms with E-state index in [4.69, 9.17) is 11.6 Å². The number of amides is 2. The zero-order chi connectivity index (χ0) is 20.0. The summed E-state index contributed by atoms with van der Waals surface area (Å²) in [6.45, 7) is 1.30. The van der Waals surface area contributed by atoms with Crippen LogP contribution in [-0.2, 0) is 9.59 Å². The summed E-state index contributed by atoms with van der Waals surface area (Å²) in [5, 5.41) is 5.37. The van der Waals surface area contributed by atoms with Gasteiger partial charge in [-0.25, -0.2) is 0 Å². The lowest BCUT2D eigenvalue weighted by molar-refractivity contribution is -0.274. The summed E-state index contributed by atoms with van der Waals surface area (Å²) < 4.78 is 41.2. The van der Waals surface area contributed by atoms with Gasteiger partial charge in [-0.15, -0.1) is 13.2 Å². The highest BCUT2D eigenvalue weighted by atomic mass is 35.5. The SMILES string of the molecule is CC(=O)Nc1ccc(Cl)cc1NC(=O)/C=C/c1ccccc1OC(F)(F)F. The van der Waals surface area contributed by atoms with Crippen molar-refractivity contribution in [3.8, 4) is 5.75 Å². The van der Waals surface area contributed by atoms with E-state index in [1.165, 1.54) is 49.4 Å². The molecule has 2 aromatic rings. The molecule has 0 aliphatic heterocycles. The molecule has 2 amide bonds. The first-order chi connectivity index (χ1) is 12.6. The van der Waals surface area contributed by atoms with Gasteiger partial charge in [0.2, 0.25) is 11.8 Å². The number of hydrogen-bond acceptors (Lipinski definition) is 3. The van der Waals surface area contributed by atoms with Crippen LogP contribution in [0.5, 0.6) is 5.75 Å². The van der Waals surface area contributed by atoms with Crippen LogP contribution in [0.25, 0.3) is 6.08 Å². The maximum atomic E-state index is 12.4. The van der Waals surface area contributed by atoms with E-state index in [2.05, 4.69) is 15.4 Å². The molecule has 2 aromatic carbocycles. The van der Waals surface area contributed by atoms with Crippen LogP contribution in [0.3, 0.4) is 0 Å². The third kappa shape index (κ3) is 6.67. The van der Waals surface area contributed by atoms with E-state index in [0.717, 1.165) is 12.1 Å². The molecule has 0 unspecified atom stereocenters. The van der Waals surface area contributed by atoms with Crippen molar-refractivity contribution in [2.24, 2.45) is 0 Å². The predicted octanol–water partition coefficient (Wildman–Crippen LogP) is 4.85. The lowest BCUT2D eigenvalue weighted by Gasteiger charge is -2.12. The van der Waals surface area contributed by atoms with Crippen molar-refractivity contribution in [3.63, 3.8) is 0 Å². The first-order valence-corrected chi connectivity index (χ1v) is 7.93. The van der Waals surface area contributed by atoms with E-state index in [1.54, 1.807) is 0 Å². The third-order valence-electron chi connectivity index (χ3n) is 3.11. The summed E-state index contributed by atoms with van der Waals surface area (Å²) in [5.74, 6) is -1.41. The molecule has 0 heterocycles. The van der Waals surface area contributed by atoms with Crippen molar-refractivity contribution >= 4 is 40.9 Å². The molecule has 0 atom stereocenters. The molecule has 0 saturated heterocycles. The highest BCUT2D eigenvalue weighted by Gasteiger charge is 2.31. The minimum absolute atomic E-state index is 0.0677. The number of nitrogens with one attached hydrogen (secondary N) is 2.